The van der Waals surface area contributed by atoms with Gasteiger partial charge in [-0.15, -0.1) is 0 Å². The summed E-state index contributed by atoms with van der Waals surface area (Å²) in [5.74, 6) is -0.780. The first-order chi connectivity index (χ1) is 8.32. The SMILES string of the molecule is CC(CC#N)N(C)S(=O)(=O)c1cccc(F)c1N. The Kier molecular flexibility index (Phi) is 4.27. The number of nitriles is 1. The van der Waals surface area contributed by atoms with E-state index in [-0.39, 0.29) is 11.3 Å². The van der Waals surface area contributed by atoms with Crippen molar-refractivity contribution in [2.24, 2.45) is 0 Å². The molecule has 0 aliphatic rings. The highest BCUT2D eigenvalue weighted by Gasteiger charge is 2.27. The predicted octanol–water partition coefficient (Wildman–Crippen LogP) is 1.33. The van der Waals surface area contributed by atoms with Crippen LogP contribution in [0.4, 0.5) is 10.1 Å². The summed E-state index contributed by atoms with van der Waals surface area (Å²) < 4.78 is 38.7. The molecule has 2 N–H and O–H groups in total. The molecule has 1 aromatic carbocycles. The van der Waals surface area contributed by atoms with Crippen molar-refractivity contribution < 1.29 is 12.8 Å². The lowest BCUT2D eigenvalue weighted by atomic mass is 10.3. The zero-order valence-electron chi connectivity index (χ0n) is 10.1. The Morgan fingerprint density at radius 1 is 1.56 bits per heavy atom. The van der Waals surface area contributed by atoms with Gasteiger partial charge in [-0.1, -0.05) is 6.07 Å². The van der Waals surface area contributed by atoms with Gasteiger partial charge in [0.25, 0.3) is 0 Å². The smallest absolute Gasteiger partial charge is 0.245 e. The molecule has 0 aromatic heterocycles. The molecular weight excluding hydrogens is 257 g/mol. The molecule has 1 rings (SSSR count). The van der Waals surface area contributed by atoms with Crippen LogP contribution in [0.25, 0.3) is 0 Å². The van der Waals surface area contributed by atoms with Crippen LogP contribution in [0.3, 0.4) is 0 Å². The van der Waals surface area contributed by atoms with E-state index in [9.17, 15) is 12.8 Å². The molecule has 0 radical (unpaired) electrons. The molecule has 18 heavy (non-hydrogen) atoms. The summed E-state index contributed by atoms with van der Waals surface area (Å²) in [6.07, 6.45) is 0.0466. The highest BCUT2D eigenvalue weighted by atomic mass is 32.2. The van der Waals surface area contributed by atoms with E-state index in [0.29, 0.717) is 0 Å². The first-order valence-corrected chi connectivity index (χ1v) is 6.65. The van der Waals surface area contributed by atoms with Crippen molar-refractivity contribution in [3.05, 3.63) is 24.0 Å². The maximum absolute atomic E-state index is 13.3. The minimum Gasteiger partial charge on any atom is -0.395 e. The molecule has 0 amide bonds. The first kappa shape index (κ1) is 14.4. The van der Waals surface area contributed by atoms with Gasteiger partial charge in [-0.05, 0) is 19.1 Å². The average Bonchev–Trinajstić information content (AvgIpc) is 2.31. The lowest BCUT2D eigenvalue weighted by Gasteiger charge is -2.23. The van der Waals surface area contributed by atoms with E-state index in [1.807, 2.05) is 6.07 Å². The Hall–Kier alpha value is -1.65. The van der Waals surface area contributed by atoms with Gasteiger partial charge >= 0.3 is 0 Å². The van der Waals surface area contributed by atoms with Crippen LogP contribution in [-0.2, 0) is 10.0 Å². The number of nitrogens with two attached hydrogens (primary N) is 1. The van der Waals surface area contributed by atoms with Gasteiger partial charge in [0.2, 0.25) is 10.0 Å². The quantitative estimate of drug-likeness (QED) is 0.837. The van der Waals surface area contributed by atoms with Crippen molar-refractivity contribution in [1.82, 2.24) is 4.31 Å². The van der Waals surface area contributed by atoms with Crippen LogP contribution in [0.15, 0.2) is 23.1 Å². The number of hydrogen-bond acceptors (Lipinski definition) is 4. The van der Waals surface area contributed by atoms with Crippen LogP contribution in [0, 0.1) is 17.1 Å². The average molecular weight is 271 g/mol. The fourth-order valence-corrected chi connectivity index (χ4v) is 2.88. The molecular formula is C11H14FN3O2S. The third-order valence-electron chi connectivity index (χ3n) is 2.68. The van der Waals surface area contributed by atoms with E-state index in [2.05, 4.69) is 0 Å². The third-order valence-corrected chi connectivity index (χ3v) is 4.71. The van der Waals surface area contributed by atoms with Crippen molar-refractivity contribution >= 4 is 15.7 Å². The van der Waals surface area contributed by atoms with Crippen LogP contribution in [0.1, 0.15) is 13.3 Å². The minimum absolute atomic E-state index is 0.0466. The number of nitrogen functional groups attached to an aromatic ring is 1. The standard InChI is InChI=1S/C11H14FN3O2S/c1-8(6-7-13)15(2)18(16,17)10-5-3-4-9(12)11(10)14/h3-5,8H,6,14H2,1-2H3. The lowest BCUT2D eigenvalue weighted by Crippen LogP contribution is -2.35. The zero-order valence-corrected chi connectivity index (χ0v) is 10.9. The fraction of sp³-hybridized carbons (Fsp3) is 0.364. The summed E-state index contributed by atoms with van der Waals surface area (Å²) in [5, 5.41) is 8.56. The number of nitrogens with zero attached hydrogens (tertiary/aromatic N) is 2. The van der Waals surface area contributed by atoms with Crippen molar-refractivity contribution in [2.75, 3.05) is 12.8 Å². The topological polar surface area (TPSA) is 87.2 Å². The van der Waals surface area contributed by atoms with Gasteiger partial charge in [0.15, 0.2) is 0 Å². The minimum atomic E-state index is -3.90. The second-order valence-corrected chi connectivity index (χ2v) is 5.85. The molecule has 0 fully saturated rings. The lowest BCUT2D eigenvalue weighted by molar-refractivity contribution is 0.393. The molecule has 0 bridgehead atoms. The van der Waals surface area contributed by atoms with Crippen LogP contribution in [0.2, 0.25) is 0 Å². The van der Waals surface area contributed by atoms with Crippen molar-refractivity contribution in [3.63, 3.8) is 0 Å². The van der Waals surface area contributed by atoms with Crippen molar-refractivity contribution in [1.29, 1.82) is 5.26 Å². The van der Waals surface area contributed by atoms with E-state index in [1.165, 1.54) is 19.2 Å². The number of sulfonamides is 1. The second kappa shape index (κ2) is 5.33. The van der Waals surface area contributed by atoms with Gasteiger partial charge in [0.1, 0.15) is 10.7 Å². The summed E-state index contributed by atoms with van der Waals surface area (Å²) in [6.45, 7) is 1.59. The maximum Gasteiger partial charge on any atom is 0.245 e. The second-order valence-electron chi connectivity index (χ2n) is 3.88. The Morgan fingerprint density at radius 2 is 2.17 bits per heavy atom. The predicted molar refractivity (Wildman–Crippen MR) is 65.5 cm³/mol. The number of benzene rings is 1. The molecule has 5 nitrogen and oxygen atoms in total. The number of halogens is 1. The number of anilines is 1. The molecule has 0 aliphatic heterocycles. The van der Waals surface area contributed by atoms with E-state index in [1.54, 1.807) is 6.92 Å². The monoisotopic (exact) mass is 271 g/mol. The van der Waals surface area contributed by atoms with Gasteiger partial charge in [-0.2, -0.15) is 9.57 Å². The van der Waals surface area contributed by atoms with E-state index >= 15 is 0 Å². The first-order valence-electron chi connectivity index (χ1n) is 5.21. The van der Waals surface area contributed by atoms with Gasteiger partial charge in [0, 0.05) is 13.1 Å². The number of para-hydroxylation sites is 1. The van der Waals surface area contributed by atoms with Gasteiger partial charge in [-0.3, -0.25) is 0 Å². The molecule has 0 saturated carbocycles. The summed E-state index contributed by atoms with van der Waals surface area (Å²) in [6, 6.07) is 4.98. The fourth-order valence-electron chi connectivity index (χ4n) is 1.39. The van der Waals surface area contributed by atoms with Gasteiger partial charge in [-0.25, -0.2) is 12.8 Å². The van der Waals surface area contributed by atoms with E-state index < -0.39 is 27.6 Å². The molecule has 98 valence electrons. The Morgan fingerprint density at radius 3 is 2.72 bits per heavy atom. The Bertz CT molecular complexity index is 580. The van der Waals surface area contributed by atoms with Gasteiger partial charge in [0.05, 0.1) is 18.2 Å². The highest BCUT2D eigenvalue weighted by molar-refractivity contribution is 7.89. The van der Waals surface area contributed by atoms with Crippen LogP contribution in [0.5, 0.6) is 0 Å². The highest BCUT2D eigenvalue weighted by Crippen LogP contribution is 2.25. The molecule has 1 aromatic rings. The number of rotatable bonds is 4. The molecule has 0 heterocycles. The summed E-state index contributed by atoms with van der Waals surface area (Å²) in [4.78, 5) is -0.283. The molecule has 0 saturated heterocycles. The maximum atomic E-state index is 13.3. The Labute approximate surface area is 106 Å². The largest absolute Gasteiger partial charge is 0.395 e. The molecule has 1 atom stereocenters. The van der Waals surface area contributed by atoms with Crippen LogP contribution < -0.4 is 5.73 Å². The molecule has 1 unspecified atom stereocenters. The van der Waals surface area contributed by atoms with Crippen molar-refractivity contribution in [3.8, 4) is 6.07 Å². The zero-order chi connectivity index (χ0) is 13.9. The van der Waals surface area contributed by atoms with Crippen LogP contribution in [-0.4, -0.2) is 25.8 Å². The van der Waals surface area contributed by atoms with Crippen LogP contribution >= 0.6 is 0 Å². The summed E-state index contributed by atoms with van der Waals surface area (Å²) in [5.41, 5.74) is 5.03. The molecule has 0 aliphatic carbocycles. The van der Waals surface area contributed by atoms with Crippen molar-refractivity contribution in [2.45, 2.75) is 24.3 Å². The summed E-state index contributed by atoms with van der Waals surface area (Å²) >= 11 is 0. The van der Waals surface area contributed by atoms with E-state index in [0.717, 1.165) is 10.4 Å². The molecule has 7 heteroatoms. The Balaban J connectivity index is 3.23. The summed E-state index contributed by atoms with van der Waals surface area (Å²) in [7, 11) is -2.56. The van der Waals surface area contributed by atoms with E-state index in [4.69, 9.17) is 11.0 Å². The third kappa shape index (κ3) is 2.60. The molecule has 0 spiro atoms. The normalized spacial score (nSPS) is 13.3. The van der Waals surface area contributed by atoms with Gasteiger partial charge < -0.3 is 5.73 Å². The number of hydrogen-bond donors (Lipinski definition) is 1.